The van der Waals surface area contributed by atoms with Gasteiger partial charge in [0.25, 0.3) is 0 Å². The molecule has 0 fully saturated rings. The van der Waals surface area contributed by atoms with E-state index in [1.54, 1.807) is 24.3 Å². The number of rotatable bonds is 6. The van der Waals surface area contributed by atoms with Crippen molar-refractivity contribution >= 4 is 14.3 Å². The Balaban J connectivity index is 2.61. The van der Waals surface area contributed by atoms with Crippen molar-refractivity contribution in [2.45, 2.75) is 57.1 Å². The van der Waals surface area contributed by atoms with Crippen molar-refractivity contribution in [3.63, 3.8) is 0 Å². The van der Waals surface area contributed by atoms with Crippen molar-refractivity contribution in [2.75, 3.05) is 7.11 Å². The number of benzene rings is 2. The Bertz CT molecular complexity index is 841. The standard InChI is InChI=1S/C23H29F3O3Si/c1-22(2,3)30(5,6)29-20(17-12-14-18(15-13-17)23(24,25)26)19(21(27)28-4)16-10-8-7-9-11-16/h7-15,19-20H,1-6H3/t19-,20+/m1/s1. The van der Waals surface area contributed by atoms with Crippen LogP contribution in [0.5, 0.6) is 0 Å². The molecule has 0 aliphatic carbocycles. The second-order valence-corrected chi connectivity index (χ2v) is 13.6. The molecule has 0 spiro atoms. The van der Waals surface area contributed by atoms with Gasteiger partial charge in [0.2, 0.25) is 0 Å². The van der Waals surface area contributed by atoms with Crippen LogP contribution in [-0.4, -0.2) is 21.4 Å². The molecule has 3 nitrogen and oxygen atoms in total. The number of alkyl halides is 3. The zero-order chi connectivity index (χ0) is 22.7. The third-order valence-corrected chi connectivity index (χ3v) is 10.2. The van der Waals surface area contributed by atoms with E-state index in [4.69, 9.17) is 9.16 Å². The maximum atomic E-state index is 13.1. The number of ether oxygens (including phenoxy) is 1. The van der Waals surface area contributed by atoms with E-state index < -0.39 is 38.0 Å². The molecule has 0 N–H and O–H groups in total. The highest BCUT2D eigenvalue weighted by Gasteiger charge is 2.43. The highest BCUT2D eigenvalue weighted by Crippen LogP contribution is 2.44. The first kappa shape index (κ1) is 24.1. The van der Waals surface area contributed by atoms with Gasteiger partial charge in [0.1, 0.15) is 5.92 Å². The Morgan fingerprint density at radius 2 is 1.43 bits per heavy atom. The molecule has 0 radical (unpaired) electrons. The molecule has 0 amide bonds. The van der Waals surface area contributed by atoms with Crippen molar-refractivity contribution in [2.24, 2.45) is 0 Å². The fourth-order valence-electron chi connectivity index (χ4n) is 2.91. The van der Waals surface area contributed by atoms with Gasteiger partial charge in [0, 0.05) is 0 Å². The van der Waals surface area contributed by atoms with Gasteiger partial charge in [-0.05, 0) is 41.4 Å². The molecule has 7 heteroatoms. The van der Waals surface area contributed by atoms with E-state index in [1.807, 2.05) is 19.2 Å². The van der Waals surface area contributed by atoms with Crippen LogP contribution in [0, 0.1) is 0 Å². The highest BCUT2D eigenvalue weighted by molar-refractivity contribution is 6.74. The molecule has 2 aromatic rings. The summed E-state index contributed by atoms with van der Waals surface area (Å²) in [7, 11) is -1.09. The fraction of sp³-hybridized carbons (Fsp3) is 0.435. The molecule has 2 atom stereocenters. The van der Waals surface area contributed by atoms with E-state index in [0.29, 0.717) is 11.1 Å². The molecule has 0 saturated heterocycles. The first-order valence-corrected chi connectivity index (χ1v) is 12.7. The van der Waals surface area contributed by atoms with Gasteiger partial charge < -0.3 is 9.16 Å². The van der Waals surface area contributed by atoms with Crippen molar-refractivity contribution in [3.8, 4) is 0 Å². The van der Waals surface area contributed by atoms with Crippen LogP contribution in [0.4, 0.5) is 13.2 Å². The summed E-state index contributed by atoms with van der Waals surface area (Å²) in [4.78, 5) is 12.8. The van der Waals surface area contributed by atoms with Crippen LogP contribution < -0.4 is 0 Å². The first-order chi connectivity index (χ1) is 13.8. The van der Waals surface area contributed by atoms with Gasteiger partial charge in [-0.15, -0.1) is 0 Å². The summed E-state index contributed by atoms with van der Waals surface area (Å²) in [6, 6.07) is 13.9. The summed E-state index contributed by atoms with van der Waals surface area (Å²) in [6.07, 6.45) is -5.21. The number of hydrogen-bond acceptors (Lipinski definition) is 3. The molecule has 2 rings (SSSR count). The zero-order valence-electron chi connectivity index (χ0n) is 18.2. The lowest BCUT2D eigenvalue weighted by Crippen LogP contribution is -2.43. The predicted molar refractivity (Wildman–Crippen MR) is 114 cm³/mol. The first-order valence-electron chi connectivity index (χ1n) is 9.75. The topological polar surface area (TPSA) is 35.5 Å². The average molecular weight is 439 g/mol. The molecule has 0 aliphatic rings. The van der Waals surface area contributed by atoms with Crippen molar-refractivity contribution < 1.29 is 27.1 Å². The molecule has 0 heterocycles. The number of methoxy groups -OCH3 is 1. The number of halogens is 3. The molecule has 30 heavy (non-hydrogen) atoms. The molecule has 0 bridgehead atoms. The van der Waals surface area contributed by atoms with Crippen LogP contribution in [0.3, 0.4) is 0 Å². The second kappa shape index (κ2) is 8.94. The maximum absolute atomic E-state index is 13.1. The SMILES string of the molecule is COC(=O)[C@H](c1ccccc1)[C@@H](O[Si](C)(C)C(C)(C)C)c1ccc(C(F)(F)F)cc1. The largest absolute Gasteiger partial charge is 0.468 e. The number of esters is 1. The second-order valence-electron chi connectivity index (χ2n) is 8.83. The minimum absolute atomic E-state index is 0.158. The normalized spacial score (nSPS) is 14.8. The Morgan fingerprint density at radius 3 is 1.87 bits per heavy atom. The summed E-state index contributed by atoms with van der Waals surface area (Å²) in [5.74, 6) is -1.30. The maximum Gasteiger partial charge on any atom is 0.416 e. The van der Waals surface area contributed by atoms with Gasteiger partial charge in [0.15, 0.2) is 8.32 Å². The molecule has 0 aromatic heterocycles. The van der Waals surface area contributed by atoms with E-state index in [1.165, 1.54) is 19.2 Å². The summed E-state index contributed by atoms with van der Waals surface area (Å²) >= 11 is 0. The van der Waals surface area contributed by atoms with Gasteiger partial charge in [0.05, 0.1) is 18.8 Å². The lowest BCUT2D eigenvalue weighted by molar-refractivity contribution is -0.145. The Hall–Kier alpha value is -2.12. The average Bonchev–Trinajstić information content (AvgIpc) is 2.66. The number of hydrogen-bond donors (Lipinski definition) is 0. The number of carbonyl (C=O) groups is 1. The molecule has 2 aromatic carbocycles. The van der Waals surface area contributed by atoms with E-state index in [9.17, 15) is 18.0 Å². The molecule has 0 unspecified atom stereocenters. The lowest BCUT2D eigenvalue weighted by atomic mass is 9.89. The smallest absolute Gasteiger partial charge is 0.416 e. The van der Waals surface area contributed by atoms with Crippen molar-refractivity contribution in [1.82, 2.24) is 0 Å². The fourth-order valence-corrected chi connectivity index (χ4v) is 4.17. The highest BCUT2D eigenvalue weighted by atomic mass is 28.4. The van der Waals surface area contributed by atoms with Crippen LogP contribution in [-0.2, 0) is 20.1 Å². The lowest BCUT2D eigenvalue weighted by Gasteiger charge is -2.41. The van der Waals surface area contributed by atoms with E-state index in [-0.39, 0.29) is 5.04 Å². The van der Waals surface area contributed by atoms with Gasteiger partial charge >= 0.3 is 12.1 Å². The van der Waals surface area contributed by atoms with Gasteiger partial charge in [-0.2, -0.15) is 13.2 Å². The van der Waals surface area contributed by atoms with Crippen LogP contribution in [0.25, 0.3) is 0 Å². The van der Waals surface area contributed by atoms with Crippen LogP contribution >= 0.6 is 0 Å². The Kier molecular flexibility index (Phi) is 7.19. The molecule has 0 saturated carbocycles. The van der Waals surface area contributed by atoms with Crippen molar-refractivity contribution in [3.05, 3.63) is 71.3 Å². The molecule has 0 aliphatic heterocycles. The Morgan fingerprint density at radius 1 is 0.900 bits per heavy atom. The van der Waals surface area contributed by atoms with E-state index >= 15 is 0 Å². The summed E-state index contributed by atoms with van der Waals surface area (Å²) in [5, 5.41) is -0.158. The quantitative estimate of drug-likeness (QED) is 0.371. The molecular weight excluding hydrogens is 409 g/mol. The van der Waals surface area contributed by atoms with Gasteiger partial charge in [-0.25, -0.2) is 0 Å². The molecule has 164 valence electrons. The Labute approximate surface area is 177 Å². The third kappa shape index (κ3) is 5.52. The van der Waals surface area contributed by atoms with E-state index in [2.05, 4.69) is 20.8 Å². The summed E-state index contributed by atoms with van der Waals surface area (Å²) in [5.41, 5.74) is 0.451. The third-order valence-electron chi connectivity index (χ3n) is 5.71. The number of carbonyl (C=O) groups excluding carboxylic acids is 1. The van der Waals surface area contributed by atoms with Crippen LogP contribution in [0.1, 0.15) is 49.5 Å². The summed E-state index contributed by atoms with van der Waals surface area (Å²) < 4.78 is 50.8. The molecular formula is C23H29F3O3Si. The van der Waals surface area contributed by atoms with E-state index in [0.717, 1.165) is 12.1 Å². The predicted octanol–water partition coefficient (Wildman–Crippen LogP) is 6.73. The van der Waals surface area contributed by atoms with Crippen LogP contribution in [0.2, 0.25) is 18.1 Å². The van der Waals surface area contributed by atoms with Crippen LogP contribution in [0.15, 0.2) is 54.6 Å². The zero-order valence-corrected chi connectivity index (χ0v) is 19.2. The van der Waals surface area contributed by atoms with Crippen molar-refractivity contribution in [1.29, 1.82) is 0 Å². The minimum atomic E-state index is -4.44. The van der Waals surface area contributed by atoms with Gasteiger partial charge in [-0.1, -0.05) is 63.2 Å². The minimum Gasteiger partial charge on any atom is -0.468 e. The van der Waals surface area contributed by atoms with Gasteiger partial charge in [-0.3, -0.25) is 4.79 Å². The summed E-state index contributed by atoms with van der Waals surface area (Å²) in [6.45, 7) is 10.3. The monoisotopic (exact) mass is 438 g/mol.